The maximum Gasteiger partial charge on any atom is 0.120 e. The molecule has 1 heterocycles. The minimum absolute atomic E-state index is 0.601. The van der Waals surface area contributed by atoms with Crippen LogP contribution in [-0.2, 0) is 11.3 Å². The van der Waals surface area contributed by atoms with E-state index in [1.54, 1.807) is 0 Å². The smallest absolute Gasteiger partial charge is 0.120 e. The molecule has 16 heavy (non-hydrogen) atoms. The van der Waals surface area contributed by atoms with E-state index in [1.807, 2.05) is 18.2 Å². The van der Waals surface area contributed by atoms with E-state index in [-0.39, 0.29) is 0 Å². The Kier molecular flexibility index (Phi) is 2.03. The minimum Gasteiger partial charge on any atom is -0.489 e. The van der Waals surface area contributed by atoms with Crippen molar-refractivity contribution in [1.82, 2.24) is 0 Å². The van der Waals surface area contributed by atoms with Crippen molar-refractivity contribution in [2.75, 3.05) is 0 Å². The lowest BCUT2D eigenvalue weighted by Gasteiger charge is -2.07. The van der Waals surface area contributed by atoms with Gasteiger partial charge in [-0.05, 0) is 16.7 Å². The van der Waals surface area contributed by atoms with Gasteiger partial charge < -0.3 is 4.74 Å². The zero-order valence-corrected chi connectivity index (χ0v) is 8.94. The van der Waals surface area contributed by atoms with Crippen LogP contribution in [0.5, 0.6) is 0 Å². The van der Waals surface area contributed by atoms with Gasteiger partial charge in [0.2, 0.25) is 0 Å². The summed E-state index contributed by atoms with van der Waals surface area (Å²) in [6.45, 7) is 4.58. The van der Waals surface area contributed by atoms with Gasteiger partial charge in [-0.15, -0.1) is 0 Å². The van der Waals surface area contributed by atoms with Crippen molar-refractivity contribution in [3.8, 4) is 11.1 Å². The van der Waals surface area contributed by atoms with Gasteiger partial charge in [-0.1, -0.05) is 55.1 Å². The summed E-state index contributed by atoms with van der Waals surface area (Å²) < 4.78 is 5.66. The van der Waals surface area contributed by atoms with Crippen molar-refractivity contribution in [2.45, 2.75) is 6.61 Å². The maximum atomic E-state index is 5.66. The highest BCUT2D eigenvalue weighted by Crippen LogP contribution is 2.35. The molecule has 2 aromatic carbocycles. The normalized spacial score (nSPS) is 13.4. The molecule has 0 unspecified atom stereocenters. The quantitative estimate of drug-likeness (QED) is 0.639. The molecule has 0 saturated carbocycles. The van der Waals surface area contributed by atoms with Crippen molar-refractivity contribution >= 4 is 5.76 Å². The molecule has 0 bridgehead atoms. The highest BCUT2D eigenvalue weighted by Gasteiger charge is 2.15. The Morgan fingerprint density at radius 3 is 2.25 bits per heavy atom. The van der Waals surface area contributed by atoms with Crippen LogP contribution >= 0.6 is 0 Å². The largest absolute Gasteiger partial charge is 0.489 e. The molecule has 1 nitrogen and oxygen atoms in total. The van der Waals surface area contributed by atoms with Gasteiger partial charge in [-0.3, -0.25) is 0 Å². The molecule has 3 rings (SSSR count). The second-order valence-electron chi connectivity index (χ2n) is 3.91. The third-order valence-electron chi connectivity index (χ3n) is 2.94. The summed E-state index contributed by atoms with van der Waals surface area (Å²) in [4.78, 5) is 0. The fourth-order valence-corrected chi connectivity index (χ4v) is 2.11. The lowest BCUT2D eigenvalue weighted by Crippen LogP contribution is -1.88. The predicted octanol–water partition coefficient (Wildman–Crippen LogP) is 3.85. The molecule has 1 heteroatoms. The highest BCUT2D eigenvalue weighted by molar-refractivity contribution is 5.81. The fourth-order valence-electron chi connectivity index (χ4n) is 2.11. The predicted molar refractivity (Wildman–Crippen MR) is 65.7 cm³/mol. The molecule has 1 aliphatic rings. The van der Waals surface area contributed by atoms with E-state index in [9.17, 15) is 0 Å². The summed E-state index contributed by atoms with van der Waals surface area (Å²) in [5.74, 6) is 0.756. The molecule has 0 spiro atoms. The van der Waals surface area contributed by atoms with E-state index in [1.165, 1.54) is 16.7 Å². The van der Waals surface area contributed by atoms with Gasteiger partial charge in [0.1, 0.15) is 12.4 Å². The Balaban J connectivity index is 2.32. The first-order valence-corrected chi connectivity index (χ1v) is 5.35. The van der Waals surface area contributed by atoms with Crippen LogP contribution in [0.3, 0.4) is 0 Å². The second-order valence-corrected chi connectivity index (χ2v) is 3.91. The first-order valence-electron chi connectivity index (χ1n) is 5.35. The molecule has 1 aliphatic heterocycles. The van der Waals surface area contributed by atoms with Crippen LogP contribution in [-0.4, -0.2) is 0 Å². The number of rotatable bonds is 0. The van der Waals surface area contributed by atoms with Crippen molar-refractivity contribution in [1.29, 1.82) is 0 Å². The summed E-state index contributed by atoms with van der Waals surface area (Å²) in [6, 6.07) is 16.6. The number of benzene rings is 2. The number of hydrogen-bond donors (Lipinski definition) is 0. The summed E-state index contributed by atoms with van der Waals surface area (Å²) in [7, 11) is 0. The number of ether oxygens (including phenoxy) is 1. The highest BCUT2D eigenvalue weighted by atomic mass is 16.5. The molecular formula is C15H12O. The van der Waals surface area contributed by atoms with Crippen molar-refractivity contribution in [3.05, 3.63) is 66.2 Å². The minimum atomic E-state index is 0.601. The Bertz CT molecular complexity index is 555. The molecule has 78 valence electrons. The summed E-state index contributed by atoms with van der Waals surface area (Å²) in [5.41, 5.74) is 4.76. The first kappa shape index (κ1) is 9.22. The molecule has 0 aliphatic carbocycles. The van der Waals surface area contributed by atoms with Crippen LogP contribution in [0.2, 0.25) is 0 Å². The van der Waals surface area contributed by atoms with Crippen LogP contribution in [0.1, 0.15) is 11.1 Å². The van der Waals surface area contributed by atoms with Crippen LogP contribution < -0.4 is 0 Å². The molecule has 0 N–H and O–H groups in total. The average Bonchev–Trinajstić information content (AvgIpc) is 2.49. The van der Waals surface area contributed by atoms with E-state index >= 15 is 0 Å². The van der Waals surface area contributed by atoms with E-state index in [0.717, 1.165) is 11.3 Å². The third kappa shape index (κ3) is 1.33. The third-order valence-corrected chi connectivity index (χ3v) is 2.94. The second kappa shape index (κ2) is 3.53. The lowest BCUT2D eigenvalue weighted by atomic mass is 9.96. The van der Waals surface area contributed by atoms with Crippen molar-refractivity contribution < 1.29 is 4.74 Å². The molecule has 0 atom stereocenters. The summed E-state index contributed by atoms with van der Waals surface area (Å²) in [5, 5.41) is 0. The van der Waals surface area contributed by atoms with Gasteiger partial charge in [-0.2, -0.15) is 0 Å². The molecule has 0 fully saturated rings. The Morgan fingerprint density at radius 2 is 1.44 bits per heavy atom. The Hall–Kier alpha value is -2.02. The maximum absolute atomic E-state index is 5.66. The zero-order valence-electron chi connectivity index (χ0n) is 8.94. The summed E-state index contributed by atoms with van der Waals surface area (Å²) >= 11 is 0. The van der Waals surface area contributed by atoms with Crippen LogP contribution in [0.4, 0.5) is 0 Å². The molecular weight excluding hydrogens is 196 g/mol. The Morgan fingerprint density at radius 1 is 0.812 bits per heavy atom. The standard InChI is InChI=1S/C15H12O/c1-11-13-7-4-5-9-15(13)14-8-3-2-6-12(14)10-16-11/h2-9H,1,10H2. The fraction of sp³-hybridized carbons (Fsp3) is 0.0667. The number of hydrogen-bond acceptors (Lipinski definition) is 1. The van der Waals surface area contributed by atoms with Gasteiger partial charge in [0.05, 0.1) is 0 Å². The van der Waals surface area contributed by atoms with Crippen molar-refractivity contribution in [2.24, 2.45) is 0 Å². The van der Waals surface area contributed by atoms with Gasteiger partial charge in [-0.25, -0.2) is 0 Å². The average molecular weight is 208 g/mol. The molecule has 0 radical (unpaired) electrons. The SMILES string of the molecule is C=C1OCc2ccccc2-c2ccccc21. The summed E-state index contributed by atoms with van der Waals surface area (Å²) in [6.07, 6.45) is 0. The van der Waals surface area contributed by atoms with Gasteiger partial charge in [0, 0.05) is 5.56 Å². The van der Waals surface area contributed by atoms with Gasteiger partial charge in [0.15, 0.2) is 0 Å². The molecule has 0 aromatic heterocycles. The van der Waals surface area contributed by atoms with E-state index in [0.29, 0.717) is 6.61 Å². The van der Waals surface area contributed by atoms with Crippen LogP contribution in [0, 0.1) is 0 Å². The molecule has 0 amide bonds. The van der Waals surface area contributed by atoms with Gasteiger partial charge in [0.25, 0.3) is 0 Å². The van der Waals surface area contributed by atoms with Crippen LogP contribution in [0.25, 0.3) is 16.9 Å². The van der Waals surface area contributed by atoms with E-state index < -0.39 is 0 Å². The molecule has 2 aromatic rings. The monoisotopic (exact) mass is 208 g/mol. The van der Waals surface area contributed by atoms with Crippen LogP contribution in [0.15, 0.2) is 55.1 Å². The van der Waals surface area contributed by atoms with Crippen molar-refractivity contribution in [3.63, 3.8) is 0 Å². The van der Waals surface area contributed by atoms with Gasteiger partial charge >= 0.3 is 0 Å². The van der Waals surface area contributed by atoms with E-state index in [4.69, 9.17) is 4.74 Å². The lowest BCUT2D eigenvalue weighted by molar-refractivity contribution is 0.267. The Labute approximate surface area is 95.0 Å². The topological polar surface area (TPSA) is 9.23 Å². The zero-order chi connectivity index (χ0) is 11.0. The molecule has 0 saturated heterocycles. The first-order chi connectivity index (χ1) is 7.86. The van der Waals surface area contributed by atoms with E-state index in [2.05, 4.69) is 36.9 Å². The number of fused-ring (bicyclic) bond motifs is 3.